The summed E-state index contributed by atoms with van der Waals surface area (Å²) in [7, 11) is 2.63. The van der Waals surface area contributed by atoms with E-state index in [-0.39, 0.29) is 23.7 Å². The number of rotatable bonds is 11. The van der Waals surface area contributed by atoms with Gasteiger partial charge in [0.05, 0.1) is 38.0 Å². The van der Waals surface area contributed by atoms with Crippen LogP contribution < -0.4 is 10.6 Å². The molecule has 2 saturated heterocycles. The van der Waals surface area contributed by atoms with Gasteiger partial charge in [-0.15, -0.1) is 0 Å². The molecule has 4 bridgehead atoms. The average Bonchev–Trinajstić information content (AvgIpc) is 4.13. The summed E-state index contributed by atoms with van der Waals surface area (Å²) in [5, 5.41) is 5.55. The number of likely N-dealkylation sites (tertiary alicyclic amines) is 2. The molecule has 2 aromatic heterocycles. The summed E-state index contributed by atoms with van der Waals surface area (Å²) < 4.78 is 9.69. The van der Waals surface area contributed by atoms with Gasteiger partial charge >= 0.3 is 12.2 Å². The van der Waals surface area contributed by atoms with Gasteiger partial charge in [0.2, 0.25) is 11.8 Å². The van der Waals surface area contributed by atoms with Gasteiger partial charge in [0, 0.05) is 18.7 Å². The Kier molecular flexibility index (Phi) is 10.5. The number of carbonyl (C=O) groups is 4. The average molecular weight is 831 g/mol. The van der Waals surface area contributed by atoms with Crippen LogP contribution in [0.5, 0.6) is 0 Å². The monoisotopic (exact) mass is 830 g/mol. The molecule has 4 N–H and O–H groups in total. The molecule has 0 radical (unpaired) electrons. The second-order valence-corrected chi connectivity index (χ2v) is 18.7. The molecule has 2 aromatic carbocycles. The largest absolute Gasteiger partial charge is 0.453 e. The van der Waals surface area contributed by atoms with Crippen LogP contribution in [0.4, 0.5) is 9.59 Å². The highest BCUT2D eigenvalue weighted by atomic mass is 16.5. The zero-order chi connectivity index (χ0) is 42.8. The molecule has 4 amide bonds. The smallest absolute Gasteiger partial charge is 0.407 e. The van der Waals surface area contributed by atoms with Gasteiger partial charge in [-0.2, -0.15) is 0 Å². The van der Waals surface area contributed by atoms with Gasteiger partial charge in [-0.3, -0.25) is 9.59 Å². The Morgan fingerprint density at radius 3 is 1.62 bits per heavy atom. The number of nitrogens with zero attached hydrogens (tertiary/aromatic N) is 4. The molecule has 3 aliphatic carbocycles. The SMILES string of the molecule is COC(=O)N[C@H](C(=O)N1CC2CC[C@]1(c1ncc(-c3ccc(-c4ccc(-c5cnc(C67CCC(CN6C(=O)[C@H](NC(=O)OC)C(C)C)C7)[nH]5)c5c4CCC5)cc3)[nH]1)C2)C(C)C. The third kappa shape index (κ3) is 6.86. The second-order valence-electron chi connectivity index (χ2n) is 18.7. The Morgan fingerprint density at radius 2 is 1.13 bits per heavy atom. The standard InChI is InChI=1S/C47H58N8O6/c1-26(2)38(52-44(58)60-5)40(56)54-24-28-16-18-46(54,20-28)42-48-22-36(50-42)31-12-10-30(11-13-31)32-14-15-35(34-9-7-8-33(32)34)37-23-49-43(51-37)47-19-17-29(21-47)25-55(47)41(57)39(27(3)4)53-45(59)61-6/h10-15,22-23,26-29,38-39H,7-9,16-21,24-25H2,1-6H3,(H,48,50)(H,49,51)(H,52,58)(H,53,59)/t28?,29?,38-,39+,46+,47?/m0/s1. The minimum atomic E-state index is -0.685. The van der Waals surface area contributed by atoms with Crippen molar-refractivity contribution in [3.8, 4) is 33.6 Å². The number of carbonyl (C=O) groups excluding carboxylic acids is 4. The van der Waals surface area contributed by atoms with Crippen LogP contribution in [0.2, 0.25) is 0 Å². The van der Waals surface area contributed by atoms with E-state index in [1.807, 2.05) is 49.9 Å². The maximum absolute atomic E-state index is 14.1. The first-order chi connectivity index (χ1) is 29.3. The first kappa shape index (κ1) is 40.7. The number of nitrogens with one attached hydrogen (secondary N) is 4. The van der Waals surface area contributed by atoms with Crippen molar-refractivity contribution in [2.24, 2.45) is 23.7 Å². The molecule has 3 unspecified atom stereocenters. The molecule has 2 aliphatic heterocycles. The van der Waals surface area contributed by atoms with Crippen molar-refractivity contribution in [1.29, 1.82) is 0 Å². The predicted molar refractivity (Wildman–Crippen MR) is 229 cm³/mol. The van der Waals surface area contributed by atoms with Crippen LogP contribution >= 0.6 is 0 Å². The highest BCUT2D eigenvalue weighted by molar-refractivity contribution is 5.88. The van der Waals surface area contributed by atoms with Gasteiger partial charge in [0.1, 0.15) is 34.8 Å². The Hall–Kier alpha value is -5.66. The van der Waals surface area contributed by atoms with Crippen LogP contribution in [0.25, 0.3) is 33.6 Å². The summed E-state index contributed by atoms with van der Waals surface area (Å²) in [4.78, 5) is 73.5. The van der Waals surface area contributed by atoms with Crippen LogP contribution in [-0.2, 0) is 43.0 Å². The maximum atomic E-state index is 14.1. The van der Waals surface area contributed by atoms with Gasteiger partial charge < -0.3 is 39.9 Å². The highest BCUT2D eigenvalue weighted by Crippen LogP contribution is 2.54. The van der Waals surface area contributed by atoms with Gasteiger partial charge in [-0.05, 0) is 109 Å². The Labute approximate surface area is 357 Å². The lowest BCUT2D eigenvalue weighted by atomic mass is 9.92. The van der Waals surface area contributed by atoms with E-state index >= 15 is 0 Å². The Balaban J connectivity index is 0.945. The summed E-state index contributed by atoms with van der Waals surface area (Å²) >= 11 is 0. The number of aromatic amines is 2. The number of hydrogen-bond donors (Lipinski definition) is 4. The van der Waals surface area contributed by atoms with E-state index in [0.717, 1.165) is 97.5 Å². The molecule has 9 rings (SSSR count). The fourth-order valence-corrected chi connectivity index (χ4v) is 11.4. The van der Waals surface area contributed by atoms with Gasteiger partial charge in [-0.1, -0.05) is 64.1 Å². The van der Waals surface area contributed by atoms with Gasteiger partial charge in [0.15, 0.2) is 0 Å². The number of methoxy groups -OCH3 is 2. The van der Waals surface area contributed by atoms with Crippen LogP contribution in [0.3, 0.4) is 0 Å². The third-order valence-electron chi connectivity index (χ3n) is 14.5. The van der Waals surface area contributed by atoms with Gasteiger partial charge in [-0.25, -0.2) is 19.6 Å². The van der Waals surface area contributed by atoms with Crippen molar-refractivity contribution >= 4 is 24.0 Å². The summed E-state index contributed by atoms with van der Waals surface area (Å²) in [6.07, 6.45) is 11.1. The van der Waals surface area contributed by atoms with Crippen LogP contribution in [0.1, 0.15) is 95.4 Å². The molecular weight excluding hydrogens is 773 g/mol. The number of alkyl carbamates (subject to hydrolysis) is 2. The zero-order valence-electron chi connectivity index (χ0n) is 36.1. The normalized spacial score (nSPS) is 24.7. The van der Waals surface area contributed by atoms with Crippen LogP contribution in [-0.4, -0.2) is 93.1 Å². The summed E-state index contributed by atoms with van der Waals surface area (Å²) in [6.45, 7) is 9.05. The molecule has 5 aliphatic rings. The number of H-pyrrole nitrogens is 2. The number of amides is 4. The second kappa shape index (κ2) is 15.7. The predicted octanol–water partition coefficient (Wildman–Crippen LogP) is 7.06. The first-order valence-corrected chi connectivity index (χ1v) is 22.0. The number of ether oxygens (including phenoxy) is 2. The minimum Gasteiger partial charge on any atom is -0.453 e. The van der Waals surface area contributed by atoms with Gasteiger partial charge in [0.25, 0.3) is 0 Å². The third-order valence-corrected chi connectivity index (χ3v) is 14.5. The van der Waals surface area contributed by atoms with E-state index in [4.69, 9.17) is 19.4 Å². The summed E-state index contributed by atoms with van der Waals surface area (Å²) in [5.41, 5.74) is 8.05. The molecule has 61 heavy (non-hydrogen) atoms. The van der Waals surface area contributed by atoms with Crippen molar-refractivity contribution < 1.29 is 28.7 Å². The van der Waals surface area contributed by atoms with Crippen molar-refractivity contribution in [1.82, 2.24) is 40.4 Å². The van der Waals surface area contributed by atoms with Crippen molar-refractivity contribution in [3.05, 3.63) is 71.6 Å². The quantitative estimate of drug-likeness (QED) is 0.124. The molecule has 4 aromatic rings. The Morgan fingerprint density at radius 1 is 0.672 bits per heavy atom. The van der Waals surface area contributed by atoms with E-state index in [1.165, 1.54) is 30.9 Å². The molecule has 14 nitrogen and oxygen atoms in total. The number of hydrogen-bond acceptors (Lipinski definition) is 8. The van der Waals surface area contributed by atoms with Crippen molar-refractivity contribution in [2.45, 2.75) is 109 Å². The van der Waals surface area contributed by atoms with E-state index < -0.39 is 35.3 Å². The number of aromatic nitrogens is 4. The van der Waals surface area contributed by atoms with E-state index in [1.54, 1.807) is 0 Å². The summed E-state index contributed by atoms with van der Waals surface area (Å²) in [6, 6.07) is 11.7. The Bertz CT molecular complexity index is 2350. The van der Waals surface area contributed by atoms with Crippen LogP contribution in [0, 0.1) is 23.7 Å². The zero-order valence-corrected chi connectivity index (χ0v) is 36.1. The number of benzene rings is 2. The maximum Gasteiger partial charge on any atom is 0.407 e. The molecule has 322 valence electrons. The molecule has 0 spiro atoms. The molecule has 4 heterocycles. The number of fused-ring (bicyclic) bond motifs is 5. The highest BCUT2D eigenvalue weighted by Gasteiger charge is 2.58. The van der Waals surface area contributed by atoms with E-state index in [9.17, 15) is 19.2 Å². The molecular formula is C47H58N8O6. The lowest BCUT2D eigenvalue weighted by Gasteiger charge is -2.40. The lowest BCUT2D eigenvalue weighted by molar-refractivity contribution is -0.141. The van der Waals surface area contributed by atoms with Crippen molar-refractivity contribution in [2.75, 3.05) is 27.3 Å². The lowest BCUT2D eigenvalue weighted by Crippen LogP contribution is -2.56. The molecule has 6 atom stereocenters. The topological polar surface area (TPSA) is 175 Å². The molecule has 2 saturated carbocycles. The number of imidazole rings is 2. The molecule has 14 heteroatoms. The van der Waals surface area contributed by atoms with E-state index in [0.29, 0.717) is 24.9 Å². The number of piperidine rings is 2. The van der Waals surface area contributed by atoms with Crippen LogP contribution in [0.15, 0.2) is 48.8 Å². The summed E-state index contributed by atoms with van der Waals surface area (Å²) in [5.74, 6) is 2.03. The minimum absolute atomic E-state index is 0.0879. The fourth-order valence-electron chi connectivity index (χ4n) is 11.4. The van der Waals surface area contributed by atoms with Crippen molar-refractivity contribution in [3.63, 3.8) is 0 Å². The fraction of sp³-hybridized carbons (Fsp3) is 0.532. The van der Waals surface area contributed by atoms with E-state index in [2.05, 4.69) is 57.0 Å². The first-order valence-electron chi connectivity index (χ1n) is 22.0. The molecule has 4 fully saturated rings.